The van der Waals surface area contributed by atoms with E-state index in [0.29, 0.717) is 12.2 Å². The molecule has 0 radical (unpaired) electrons. The second kappa shape index (κ2) is 2.62. The van der Waals surface area contributed by atoms with Crippen molar-refractivity contribution in [3.63, 3.8) is 0 Å². The highest BCUT2D eigenvalue weighted by atomic mass is 32.1. The van der Waals surface area contributed by atoms with Crippen molar-refractivity contribution in [2.24, 2.45) is 5.73 Å². The molecule has 46 valence electrons. The van der Waals surface area contributed by atoms with Crippen LogP contribution < -0.4 is 5.73 Å². The molecule has 3 heteroatoms. The molecule has 0 saturated carbocycles. The lowest BCUT2D eigenvalue weighted by molar-refractivity contribution is 1.11. The van der Waals surface area contributed by atoms with Crippen LogP contribution in [0.25, 0.3) is 4.85 Å². The number of rotatable bonds is 1. The molecule has 0 unspecified atom stereocenters. The van der Waals surface area contributed by atoms with Gasteiger partial charge in [0.25, 0.3) is 0 Å². The van der Waals surface area contributed by atoms with Gasteiger partial charge >= 0.3 is 0 Å². The molecule has 0 bridgehead atoms. The summed E-state index contributed by atoms with van der Waals surface area (Å²) >= 11 is 1.54. The molecule has 0 fully saturated rings. The topological polar surface area (TPSA) is 30.4 Å². The monoisotopic (exact) mass is 138 g/mol. The fraction of sp³-hybridized carbons (Fsp3) is 0.167. The number of thiophene rings is 1. The van der Waals surface area contributed by atoms with Gasteiger partial charge in [-0.25, -0.2) is 4.85 Å². The van der Waals surface area contributed by atoms with E-state index in [1.807, 2.05) is 11.4 Å². The molecule has 2 N–H and O–H groups in total. The van der Waals surface area contributed by atoms with E-state index in [4.69, 9.17) is 12.3 Å². The maximum absolute atomic E-state index is 6.62. The molecular weight excluding hydrogens is 132 g/mol. The summed E-state index contributed by atoms with van der Waals surface area (Å²) in [6.07, 6.45) is 0. The molecular formula is C6H6N2S. The fourth-order valence-electron chi connectivity index (χ4n) is 0.535. The minimum Gasteiger partial charge on any atom is -0.326 e. The van der Waals surface area contributed by atoms with Crippen LogP contribution in [-0.4, -0.2) is 0 Å². The molecule has 0 saturated heterocycles. The minimum absolute atomic E-state index is 0.542. The maximum Gasteiger partial charge on any atom is 0.198 e. The molecule has 1 aromatic rings. The molecule has 0 aromatic carbocycles. The molecule has 0 aliphatic heterocycles. The Morgan fingerprint density at radius 1 is 1.78 bits per heavy atom. The second-order valence-electron chi connectivity index (χ2n) is 1.59. The Labute approximate surface area is 57.7 Å². The van der Waals surface area contributed by atoms with Gasteiger partial charge in [0.2, 0.25) is 0 Å². The van der Waals surface area contributed by atoms with E-state index in [1.54, 1.807) is 0 Å². The fourth-order valence-corrected chi connectivity index (χ4v) is 1.21. The summed E-state index contributed by atoms with van der Waals surface area (Å²) in [7, 11) is 0. The van der Waals surface area contributed by atoms with Crippen LogP contribution in [-0.2, 0) is 6.54 Å². The van der Waals surface area contributed by atoms with Crippen molar-refractivity contribution in [3.05, 3.63) is 27.7 Å². The molecule has 0 aliphatic carbocycles. The third kappa shape index (κ3) is 1.28. The van der Waals surface area contributed by atoms with Crippen LogP contribution >= 0.6 is 11.3 Å². The Bertz CT molecular complexity index is 233. The zero-order chi connectivity index (χ0) is 6.69. The Hall–Kier alpha value is -0.850. The maximum atomic E-state index is 6.62. The van der Waals surface area contributed by atoms with Crippen LogP contribution in [0.2, 0.25) is 0 Å². The molecule has 0 aliphatic rings. The first-order valence-electron chi connectivity index (χ1n) is 2.51. The highest BCUT2D eigenvalue weighted by Crippen LogP contribution is 2.20. The predicted octanol–water partition coefficient (Wildman–Crippen LogP) is 1.76. The van der Waals surface area contributed by atoms with Gasteiger partial charge in [0.05, 0.1) is 6.57 Å². The zero-order valence-electron chi connectivity index (χ0n) is 4.79. The van der Waals surface area contributed by atoms with Gasteiger partial charge in [-0.05, 0) is 11.4 Å². The van der Waals surface area contributed by atoms with E-state index >= 15 is 0 Å². The van der Waals surface area contributed by atoms with Crippen LogP contribution in [0.15, 0.2) is 11.4 Å². The highest BCUT2D eigenvalue weighted by Gasteiger charge is 1.94. The quantitative estimate of drug-likeness (QED) is 0.589. The van der Waals surface area contributed by atoms with Gasteiger partial charge in [-0.3, -0.25) is 0 Å². The molecule has 0 amide bonds. The standard InChI is InChI=1S/C6H6N2S/c1-8-5-2-6(3-7)9-4-5/h2,4H,3,7H2. The van der Waals surface area contributed by atoms with Gasteiger partial charge < -0.3 is 5.73 Å². The van der Waals surface area contributed by atoms with E-state index < -0.39 is 0 Å². The lowest BCUT2D eigenvalue weighted by Crippen LogP contribution is -1.90. The van der Waals surface area contributed by atoms with Crippen molar-refractivity contribution in [2.45, 2.75) is 6.54 Å². The van der Waals surface area contributed by atoms with Crippen LogP contribution in [0.1, 0.15) is 4.88 Å². The van der Waals surface area contributed by atoms with E-state index in [9.17, 15) is 0 Å². The van der Waals surface area contributed by atoms with Crippen molar-refractivity contribution in [3.8, 4) is 0 Å². The van der Waals surface area contributed by atoms with Crippen molar-refractivity contribution >= 4 is 17.0 Å². The van der Waals surface area contributed by atoms with Gasteiger partial charge in [-0.15, -0.1) is 0 Å². The molecule has 2 nitrogen and oxygen atoms in total. The Balaban J connectivity index is 2.90. The molecule has 9 heavy (non-hydrogen) atoms. The summed E-state index contributed by atoms with van der Waals surface area (Å²) in [6, 6.07) is 1.82. The van der Waals surface area contributed by atoms with Gasteiger partial charge in [0, 0.05) is 11.4 Å². The number of hydrogen-bond donors (Lipinski definition) is 1. The largest absolute Gasteiger partial charge is 0.326 e. The zero-order valence-corrected chi connectivity index (χ0v) is 5.61. The van der Waals surface area contributed by atoms with Crippen molar-refractivity contribution in [1.82, 2.24) is 0 Å². The lowest BCUT2D eigenvalue weighted by atomic mass is 10.4. The SMILES string of the molecule is [C-]#[N+]c1csc(CN)c1. The van der Waals surface area contributed by atoms with Crippen molar-refractivity contribution in [1.29, 1.82) is 0 Å². The van der Waals surface area contributed by atoms with Crippen LogP contribution in [0.3, 0.4) is 0 Å². The molecule has 0 atom stereocenters. The predicted molar refractivity (Wildman–Crippen MR) is 38.5 cm³/mol. The van der Waals surface area contributed by atoms with E-state index in [1.165, 1.54) is 11.3 Å². The Kier molecular flexibility index (Phi) is 1.83. The lowest BCUT2D eigenvalue weighted by Gasteiger charge is -1.80. The van der Waals surface area contributed by atoms with E-state index in [-0.39, 0.29) is 0 Å². The minimum atomic E-state index is 0.542. The van der Waals surface area contributed by atoms with Gasteiger partial charge in [-0.2, -0.15) is 11.3 Å². The first kappa shape index (κ1) is 6.27. The number of hydrogen-bond acceptors (Lipinski definition) is 2. The number of nitrogens with zero attached hydrogens (tertiary/aromatic N) is 1. The first-order valence-corrected chi connectivity index (χ1v) is 3.39. The normalized spacial score (nSPS) is 8.89. The third-order valence-electron chi connectivity index (χ3n) is 0.970. The highest BCUT2D eigenvalue weighted by molar-refractivity contribution is 7.10. The van der Waals surface area contributed by atoms with Crippen LogP contribution in [0, 0.1) is 6.57 Å². The Morgan fingerprint density at radius 2 is 2.56 bits per heavy atom. The van der Waals surface area contributed by atoms with Gasteiger partial charge in [0.1, 0.15) is 0 Å². The van der Waals surface area contributed by atoms with Gasteiger partial charge in [-0.1, -0.05) is 0 Å². The summed E-state index contributed by atoms with van der Waals surface area (Å²) < 4.78 is 0. The second-order valence-corrected chi connectivity index (χ2v) is 2.58. The summed E-state index contributed by atoms with van der Waals surface area (Å²) in [5.74, 6) is 0. The average molecular weight is 138 g/mol. The number of nitrogens with two attached hydrogens (primary N) is 1. The summed E-state index contributed by atoms with van der Waals surface area (Å²) in [4.78, 5) is 4.31. The smallest absolute Gasteiger partial charge is 0.198 e. The van der Waals surface area contributed by atoms with Crippen molar-refractivity contribution in [2.75, 3.05) is 0 Å². The average Bonchev–Trinajstić information content (AvgIpc) is 2.34. The molecule has 0 spiro atoms. The van der Waals surface area contributed by atoms with Crippen LogP contribution in [0.5, 0.6) is 0 Å². The van der Waals surface area contributed by atoms with Crippen molar-refractivity contribution < 1.29 is 0 Å². The molecule has 1 aromatic heterocycles. The first-order chi connectivity index (χ1) is 4.36. The van der Waals surface area contributed by atoms with Crippen LogP contribution in [0.4, 0.5) is 5.69 Å². The third-order valence-corrected chi connectivity index (χ3v) is 1.92. The van der Waals surface area contributed by atoms with E-state index in [2.05, 4.69) is 4.85 Å². The van der Waals surface area contributed by atoms with E-state index in [0.717, 1.165) is 4.88 Å². The summed E-state index contributed by atoms with van der Waals surface area (Å²) in [5.41, 5.74) is 6.02. The Morgan fingerprint density at radius 3 is 2.89 bits per heavy atom. The summed E-state index contributed by atoms with van der Waals surface area (Å²) in [6.45, 7) is 7.16. The summed E-state index contributed by atoms with van der Waals surface area (Å²) in [5, 5.41) is 1.81. The molecule has 1 rings (SSSR count). The van der Waals surface area contributed by atoms with Gasteiger partial charge in [0.15, 0.2) is 5.69 Å². The molecule has 1 heterocycles.